The number of hydrogen-bond donors (Lipinski definition) is 2. The van der Waals surface area contributed by atoms with Gasteiger partial charge in [0.25, 0.3) is 0 Å². The molecule has 2 rings (SSSR count). The summed E-state index contributed by atoms with van der Waals surface area (Å²) in [4.78, 5) is 23.6. The number of esters is 1. The highest BCUT2D eigenvalue weighted by molar-refractivity contribution is 5.89. The molecular weight excluding hydrogens is 226 g/mol. The molecule has 0 fully saturated rings. The molecule has 1 amide bonds. The maximum absolute atomic E-state index is 11.6. The fourth-order valence-electron chi connectivity index (χ4n) is 1.85. The van der Waals surface area contributed by atoms with Crippen LogP contribution in [-0.2, 0) is 17.7 Å². The number of nitrogens with zero attached hydrogens (tertiary/aromatic N) is 2. The molecule has 0 atom stereocenters. The summed E-state index contributed by atoms with van der Waals surface area (Å²) in [6.07, 6.45) is -0.491. The average molecular weight is 239 g/mol. The van der Waals surface area contributed by atoms with Crippen molar-refractivity contribution in [2.24, 2.45) is 0 Å². The number of hydrogen-bond acceptors (Lipinski definition) is 4. The van der Waals surface area contributed by atoms with Crippen molar-refractivity contribution in [3.05, 3.63) is 17.0 Å². The van der Waals surface area contributed by atoms with Crippen molar-refractivity contribution in [3.63, 3.8) is 0 Å². The minimum Gasteiger partial charge on any atom is -0.465 e. The van der Waals surface area contributed by atoms with Crippen LogP contribution in [0.2, 0.25) is 0 Å². The molecule has 0 radical (unpaired) electrons. The third kappa shape index (κ3) is 2.08. The Labute approximate surface area is 97.4 Å². The third-order valence-corrected chi connectivity index (χ3v) is 2.67. The molecule has 92 valence electrons. The molecule has 0 saturated heterocycles. The number of rotatable bonds is 2. The minimum absolute atomic E-state index is 0.233. The minimum atomic E-state index is -0.970. The largest absolute Gasteiger partial charge is 0.465 e. The molecule has 17 heavy (non-hydrogen) atoms. The predicted octanol–water partition coefficient (Wildman–Crippen LogP) is 0.623. The maximum atomic E-state index is 11.6. The van der Waals surface area contributed by atoms with E-state index in [1.54, 1.807) is 6.92 Å². The molecule has 2 N–H and O–H groups in total. The molecule has 0 aromatic carbocycles. The van der Waals surface area contributed by atoms with E-state index in [0.29, 0.717) is 25.3 Å². The Kier molecular flexibility index (Phi) is 2.99. The summed E-state index contributed by atoms with van der Waals surface area (Å²) in [5.74, 6) is -0.464. The van der Waals surface area contributed by atoms with Gasteiger partial charge in [-0.3, -0.25) is 5.10 Å². The highest BCUT2D eigenvalue weighted by atomic mass is 16.5. The van der Waals surface area contributed by atoms with Crippen molar-refractivity contribution in [1.29, 1.82) is 0 Å². The van der Waals surface area contributed by atoms with Gasteiger partial charge in [0.1, 0.15) is 0 Å². The zero-order valence-corrected chi connectivity index (χ0v) is 9.39. The lowest BCUT2D eigenvalue weighted by atomic mass is 10.0. The maximum Gasteiger partial charge on any atom is 0.407 e. The Morgan fingerprint density at radius 3 is 3.00 bits per heavy atom. The number of ether oxygens (including phenoxy) is 1. The van der Waals surface area contributed by atoms with Crippen molar-refractivity contribution in [2.45, 2.75) is 19.9 Å². The van der Waals surface area contributed by atoms with Crippen molar-refractivity contribution >= 4 is 12.1 Å². The monoisotopic (exact) mass is 239 g/mol. The van der Waals surface area contributed by atoms with Crippen LogP contribution >= 0.6 is 0 Å². The fraction of sp³-hybridized carbons (Fsp3) is 0.500. The number of amides is 1. The van der Waals surface area contributed by atoms with Crippen molar-refractivity contribution < 1.29 is 19.4 Å². The molecule has 1 aromatic rings. The summed E-state index contributed by atoms with van der Waals surface area (Å²) in [5, 5.41) is 15.4. The zero-order valence-electron chi connectivity index (χ0n) is 9.39. The molecule has 0 spiro atoms. The molecular formula is C10H13N3O4. The van der Waals surface area contributed by atoms with Crippen LogP contribution in [0, 0.1) is 0 Å². The molecule has 7 nitrogen and oxygen atoms in total. The average Bonchev–Trinajstić information content (AvgIpc) is 2.71. The van der Waals surface area contributed by atoms with E-state index >= 15 is 0 Å². The van der Waals surface area contributed by atoms with Gasteiger partial charge in [-0.05, 0) is 13.3 Å². The van der Waals surface area contributed by atoms with Crippen LogP contribution in [0.25, 0.3) is 0 Å². The van der Waals surface area contributed by atoms with Gasteiger partial charge in [-0.2, -0.15) is 5.10 Å². The number of H-pyrrole nitrogens is 1. The molecule has 1 aromatic heterocycles. The normalized spacial score (nSPS) is 14.3. The first-order valence-electron chi connectivity index (χ1n) is 5.34. The summed E-state index contributed by atoms with van der Waals surface area (Å²) in [5.41, 5.74) is 1.70. The molecule has 1 aliphatic heterocycles. The van der Waals surface area contributed by atoms with Crippen LogP contribution in [0.4, 0.5) is 4.79 Å². The highest BCUT2D eigenvalue weighted by Gasteiger charge is 2.27. The molecule has 7 heteroatoms. The van der Waals surface area contributed by atoms with Gasteiger partial charge < -0.3 is 14.7 Å². The van der Waals surface area contributed by atoms with Crippen LogP contribution in [0.1, 0.15) is 28.7 Å². The van der Waals surface area contributed by atoms with Crippen LogP contribution in [0.5, 0.6) is 0 Å². The lowest BCUT2D eigenvalue weighted by Gasteiger charge is -2.23. The van der Waals surface area contributed by atoms with Crippen LogP contribution in [0.3, 0.4) is 0 Å². The lowest BCUT2D eigenvalue weighted by molar-refractivity contribution is 0.0518. The second-order valence-electron chi connectivity index (χ2n) is 3.70. The van der Waals surface area contributed by atoms with Gasteiger partial charge >= 0.3 is 12.1 Å². The molecule has 0 aliphatic carbocycles. The standard InChI is InChI=1S/C10H13N3O4/c1-2-17-9(14)8-6-3-4-13(10(15)16)5-7(6)11-12-8/h2-5H2,1H3,(H,11,12)(H,15,16). The Hall–Kier alpha value is -2.05. The van der Waals surface area contributed by atoms with Gasteiger partial charge in [-0.15, -0.1) is 0 Å². The summed E-state index contributed by atoms with van der Waals surface area (Å²) in [7, 11) is 0. The van der Waals surface area contributed by atoms with Crippen LogP contribution in [0.15, 0.2) is 0 Å². The Balaban J connectivity index is 2.21. The topological polar surface area (TPSA) is 95.5 Å². The van der Waals surface area contributed by atoms with E-state index < -0.39 is 12.1 Å². The first kappa shape index (κ1) is 11.4. The van der Waals surface area contributed by atoms with Gasteiger partial charge in [0.15, 0.2) is 5.69 Å². The van der Waals surface area contributed by atoms with Gasteiger partial charge in [0.05, 0.1) is 18.8 Å². The van der Waals surface area contributed by atoms with E-state index in [0.717, 1.165) is 5.56 Å². The van der Waals surface area contributed by atoms with Crippen molar-refractivity contribution in [2.75, 3.05) is 13.2 Å². The number of aromatic nitrogens is 2. The van der Waals surface area contributed by atoms with E-state index in [4.69, 9.17) is 9.84 Å². The molecule has 0 saturated carbocycles. The highest BCUT2D eigenvalue weighted by Crippen LogP contribution is 2.20. The molecule has 0 unspecified atom stereocenters. The summed E-state index contributed by atoms with van der Waals surface area (Å²) >= 11 is 0. The van der Waals surface area contributed by atoms with Crippen molar-refractivity contribution in [1.82, 2.24) is 15.1 Å². The molecule has 2 heterocycles. The SMILES string of the molecule is CCOC(=O)c1n[nH]c2c1CCN(C(=O)O)C2. The Morgan fingerprint density at radius 1 is 1.59 bits per heavy atom. The number of carbonyl (C=O) groups excluding carboxylic acids is 1. The fourth-order valence-corrected chi connectivity index (χ4v) is 1.85. The van der Waals surface area contributed by atoms with Gasteiger partial charge in [-0.25, -0.2) is 9.59 Å². The lowest BCUT2D eigenvalue weighted by Crippen LogP contribution is -2.35. The van der Waals surface area contributed by atoms with Crippen molar-refractivity contribution in [3.8, 4) is 0 Å². The summed E-state index contributed by atoms with van der Waals surface area (Å²) in [6, 6.07) is 0. The summed E-state index contributed by atoms with van der Waals surface area (Å²) in [6.45, 7) is 2.62. The number of fused-ring (bicyclic) bond motifs is 1. The van der Waals surface area contributed by atoms with E-state index in [2.05, 4.69) is 10.2 Å². The van der Waals surface area contributed by atoms with E-state index in [1.165, 1.54) is 4.90 Å². The Morgan fingerprint density at radius 2 is 2.35 bits per heavy atom. The number of carbonyl (C=O) groups is 2. The van der Waals surface area contributed by atoms with E-state index in [-0.39, 0.29) is 12.2 Å². The van der Waals surface area contributed by atoms with Crippen LogP contribution < -0.4 is 0 Å². The van der Waals surface area contributed by atoms with Gasteiger partial charge in [-0.1, -0.05) is 0 Å². The summed E-state index contributed by atoms with van der Waals surface area (Å²) < 4.78 is 4.88. The molecule has 1 aliphatic rings. The second-order valence-corrected chi connectivity index (χ2v) is 3.70. The predicted molar refractivity (Wildman–Crippen MR) is 56.7 cm³/mol. The van der Waals surface area contributed by atoms with Gasteiger partial charge in [0, 0.05) is 12.1 Å². The zero-order chi connectivity index (χ0) is 12.4. The molecule has 0 bridgehead atoms. The number of carboxylic acid groups (broad SMARTS) is 1. The van der Waals surface area contributed by atoms with E-state index in [9.17, 15) is 9.59 Å². The first-order chi connectivity index (χ1) is 8.13. The van der Waals surface area contributed by atoms with E-state index in [1.807, 2.05) is 0 Å². The Bertz CT molecular complexity index is 454. The third-order valence-electron chi connectivity index (χ3n) is 2.67. The quantitative estimate of drug-likeness (QED) is 0.738. The smallest absolute Gasteiger partial charge is 0.407 e. The first-order valence-corrected chi connectivity index (χ1v) is 5.34. The number of aromatic amines is 1. The second kappa shape index (κ2) is 4.44. The van der Waals surface area contributed by atoms with Gasteiger partial charge in [0.2, 0.25) is 0 Å². The van der Waals surface area contributed by atoms with Crippen LogP contribution in [-0.4, -0.2) is 45.4 Å². The number of nitrogens with one attached hydrogen (secondary N) is 1.